The third-order valence-corrected chi connectivity index (χ3v) is 18.8. The van der Waals surface area contributed by atoms with E-state index in [2.05, 4.69) is 149 Å². The van der Waals surface area contributed by atoms with Crippen LogP contribution in [0, 0.1) is 0 Å². The minimum atomic E-state index is -4.99. The van der Waals surface area contributed by atoms with Gasteiger partial charge in [-0.05, 0) is 154 Å². The molecule has 5 atom stereocenters. The molecule has 0 radical (unpaired) electrons. The Kier molecular flexibility index (Phi) is 73.3. The maximum Gasteiger partial charge on any atom is 0.472 e. The quantitative estimate of drug-likeness (QED) is 0.0169. The average molecular weight is 1500 g/mol. The minimum Gasteiger partial charge on any atom is -0.462 e. The lowest BCUT2D eigenvalue weighted by Crippen LogP contribution is -2.30. The second-order valence-electron chi connectivity index (χ2n) is 27.0. The fourth-order valence-corrected chi connectivity index (χ4v) is 12.2. The van der Waals surface area contributed by atoms with Crippen molar-refractivity contribution in [2.75, 3.05) is 39.6 Å². The first kappa shape index (κ1) is 99.5. The standard InChI is InChI=1S/C85H146O17P2/c1-5-9-13-17-21-25-29-33-36-38-39-41-43-47-50-54-58-62-66-70-83(88)96-76-81(102-85(90)72-68-64-60-56-52-48-44-40-37-34-30-26-22-18-14-10-6-2)78-100-104(93,94)98-74-79(86)73-97-103(91,92)99-77-80(101-84(89)71-67-63-59-55-51-45-32-28-24-20-16-12-8-4)75-95-82(87)69-65-61-57-53-49-46-42-35-31-27-23-19-15-11-7-3/h10,14,16,20-22,25-26,28,32-37,39,41-42,44,48,79-81,86H,5-9,11-13,15,17-19,23-24,27,29-31,38,40,43,45-47,49-78H2,1-4H3,(H,91,92)(H,93,94)/b14-10-,20-16-,25-21-,26-22-,32-28-,36-33-,37-34-,41-39-,42-35-,48-44-. The van der Waals surface area contributed by atoms with Gasteiger partial charge in [0.05, 0.1) is 26.4 Å². The van der Waals surface area contributed by atoms with Gasteiger partial charge in [-0.1, -0.05) is 278 Å². The molecule has 0 saturated heterocycles. The Morgan fingerprint density at radius 1 is 0.279 bits per heavy atom. The largest absolute Gasteiger partial charge is 0.472 e. The molecule has 0 rings (SSSR count). The summed E-state index contributed by atoms with van der Waals surface area (Å²) < 4.78 is 68.6. The third kappa shape index (κ3) is 75.7. The molecule has 17 nitrogen and oxygen atoms in total. The number of carbonyl (C=O) groups excluding carboxylic acids is 4. The van der Waals surface area contributed by atoms with Crippen molar-refractivity contribution in [1.29, 1.82) is 0 Å². The summed E-state index contributed by atoms with van der Waals surface area (Å²) in [6.45, 7) is 4.62. The molecule has 19 heteroatoms. The van der Waals surface area contributed by atoms with Crippen LogP contribution in [-0.4, -0.2) is 96.7 Å². The van der Waals surface area contributed by atoms with Crippen LogP contribution in [0.25, 0.3) is 0 Å². The number of rotatable bonds is 76. The zero-order valence-electron chi connectivity index (χ0n) is 65.4. The van der Waals surface area contributed by atoms with Crippen molar-refractivity contribution in [1.82, 2.24) is 0 Å². The molecule has 0 aromatic rings. The van der Waals surface area contributed by atoms with Crippen molar-refractivity contribution in [2.24, 2.45) is 0 Å². The predicted molar refractivity (Wildman–Crippen MR) is 427 cm³/mol. The van der Waals surface area contributed by atoms with Crippen LogP contribution in [0.2, 0.25) is 0 Å². The van der Waals surface area contributed by atoms with Crippen LogP contribution in [0.15, 0.2) is 122 Å². The summed E-state index contributed by atoms with van der Waals surface area (Å²) in [6, 6.07) is 0. The molecule has 0 aromatic heterocycles. The van der Waals surface area contributed by atoms with E-state index >= 15 is 0 Å². The van der Waals surface area contributed by atoms with E-state index in [1.54, 1.807) is 0 Å². The topological polar surface area (TPSA) is 237 Å². The fraction of sp³-hybridized carbons (Fsp3) is 0.718. The maximum absolute atomic E-state index is 13.1. The van der Waals surface area contributed by atoms with E-state index in [1.807, 2.05) is 0 Å². The highest BCUT2D eigenvalue weighted by Gasteiger charge is 2.30. The number of phosphoric acid groups is 2. The van der Waals surface area contributed by atoms with Crippen LogP contribution in [0.4, 0.5) is 0 Å². The Morgan fingerprint density at radius 2 is 0.519 bits per heavy atom. The first-order valence-corrected chi connectivity index (χ1v) is 43.8. The summed E-state index contributed by atoms with van der Waals surface area (Å²) in [7, 11) is -9.98. The molecule has 0 heterocycles. The van der Waals surface area contributed by atoms with Gasteiger partial charge in [-0.15, -0.1) is 0 Å². The van der Waals surface area contributed by atoms with Crippen molar-refractivity contribution in [3.05, 3.63) is 122 Å². The lowest BCUT2D eigenvalue weighted by molar-refractivity contribution is -0.161. The lowest BCUT2D eigenvalue weighted by Gasteiger charge is -2.21. The van der Waals surface area contributed by atoms with E-state index in [9.17, 15) is 43.2 Å². The average Bonchev–Trinajstić information content (AvgIpc) is 0.917. The normalized spacial score (nSPS) is 14.5. The summed E-state index contributed by atoms with van der Waals surface area (Å²) in [5.74, 6) is -2.23. The van der Waals surface area contributed by atoms with Gasteiger partial charge >= 0.3 is 39.5 Å². The van der Waals surface area contributed by atoms with E-state index in [-0.39, 0.29) is 25.7 Å². The second kappa shape index (κ2) is 76.6. The van der Waals surface area contributed by atoms with Crippen molar-refractivity contribution in [3.8, 4) is 0 Å². The molecule has 0 aliphatic carbocycles. The number of allylic oxidation sites excluding steroid dienone is 20. The number of ether oxygens (including phenoxy) is 4. The van der Waals surface area contributed by atoms with Gasteiger partial charge < -0.3 is 33.8 Å². The van der Waals surface area contributed by atoms with Gasteiger partial charge in [0, 0.05) is 25.7 Å². The van der Waals surface area contributed by atoms with Gasteiger partial charge in [0.25, 0.3) is 0 Å². The first-order valence-electron chi connectivity index (χ1n) is 40.8. The molecule has 0 aliphatic rings. The summed E-state index contributed by atoms with van der Waals surface area (Å²) in [6.07, 6.45) is 84.5. The van der Waals surface area contributed by atoms with Gasteiger partial charge in [0.2, 0.25) is 0 Å². The molecule has 0 aromatic carbocycles. The highest BCUT2D eigenvalue weighted by atomic mass is 31.2. The summed E-state index contributed by atoms with van der Waals surface area (Å²) >= 11 is 0. The number of aliphatic hydroxyl groups excluding tert-OH is 1. The molecule has 0 bridgehead atoms. The van der Waals surface area contributed by atoms with Crippen LogP contribution < -0.4 is 0 Å². The van der Waals surface area contributed by atoms with E-state index in [0.717, 1.165) is 199 Å². The van der Waals surface area contributed by atoms with Crippen molar-refractivity contribution < 1.29 is 80.2 Å². The van der Waals surface area contributed by atoms with E-state index in [1.165, 1.54) is 57.8 Å². The van der Waals surface area contributed by atoms with Crippen LogP contribution in [-0.2, 0) is 65.4 Å². The predicted octanol–water partition coefficient (Wildman–Crippen LogP) is 23.9. The minimum absolute atomic E-state index is 0.0613. The third-order valence-electron chi connectivity index (χ3n) is 16.9. The zero-order chi connectivity index (χ0) is 76.0. The molecule has 0 spiro atoms. The number of aliphatic hydroxyl groups is 1. The van der Waals surface area contributed by atoms with E-state index < -0.39 is 97.5 Å². The second-order valence-corrected chi connectivity index (χ2v) is 29.9. The summed E-state index contributed by atoms with van der Waals surface area (Å²) in [5.41, 5.74) is 0. The van der Waals surface area contributed by atoms with E-state index in [4.69, 9.17) is 37.0 Å². The van der Waals surface area contributed by atoms with Crippen molar-refractivity contribution >= 4 is 39.5 Å². The van der Waals surface area contributed by atoms with Crippen LogP contribution >= 0.6 is 15.6 Å². The molecule has 0 aliphatic heterocycles. The molecule has 5 unspecified atom stereocenters. The highest BCUT2D eigenvalue weighted by molar-refractivity contribution is 7.47. The van der Waals surface area contributed by atoms with Crippen LogP contribution in [0.1, 0.15) is 336 Å². The van der Waals surface area contributed by atoms with Gasteiger partial charge in [-0.3, -0.25) is 37.3 Å². The zero-order valence-corrected chi connectivity index (χ0v) is 67.2. The maximum atomic E-state index is 13.1. The van der Waals surface area contributed by atoms with Gasteiger partial charge in [-0.2, -0.15) is 0 Å². The Balaban J connectivity index is 5.40. The molecule has 0 fully saturated rings. The van der Waals surface area contributed by atoms with Crippen molar-refractivity contribution in [3.63, 3.8) is 0 Å². The Bertz CT molecular complexity index is 2440. The number of esters is 4. The molecule has 104 heavy (non-hydrogen) atoms. The number of hydrogen-bond donors (Lipinski definition) is 3. The van der Waals surface area contributed by atoms with Gasteiger partial charge in [0.1, 0.15) is 19.3 Å². The fourth-order valence-electron chi connectivity index (χ4n) is 10.7. The van der Waals surface area contributed by atoms with Crippen molar-refractivity contribution in [2.45, 2.75) is 354 Å². The monoisotopic (exact) mass is 1500 g/mol. The molecular formula is C85H146O17P2. The SMILES string of the molecule is CC/C=C\C/C=C\C/C=C\C/C=C\CCCCCCC(=O)OC(COC(=O)CCCCCCCC/C=C\C/C=C\C/C=C\CCCCC)COP(=O)(O)OCC(O)COP(=O)(O)OCC(COC(=O)CCCCCCC/C=C\CCCCCCCC)OC(=O)CCCCCCC/C=C\C/C=C\CCC. The highest BCUT2D eigenvalue weighted by Crippen LogP contribution is 2.45. The van der Waals surface area contributed by atoms with Gasteiger partial charge in [0.15, 0.2) is 12.2 Å². The van der Waals surface area contributed by atoms with Crippen LogP contribution in [0.5, 0.6) is 0 Å². The molecule has 0 saturated carbocycles. The smallest absolute Gasteiger partial charge is 0.462 e. The first-order chi connectivity index (χ1) is 50.7. The summed E-state index contributed by atoms with van der Waals surface area (Å²) in [4.78, 5) is 73.1. The summed E-state index contributed by atoms with van der Waals surface area (Å²) in [5, 5.41) is 10.6. The number of carbonyl (C=O) groups is 4. The Morgan fingerprint density at radius 3 is 0.837 bits per heavy atom. The lowest BCUT2D eigenvalue weighted by atomic mass is 10.1. The Labute approximate surface area is 632 Å². The molecule has 598 valence electrons. The number of phosphoric ester groups is 2. The molecular weight excluding hydrogens is 1350 g/mol. The van der Waals surface area contributed by atoms with E-state index in [0.29, 0.717) is 25.7 Å². The van der Waals surface area contributed by atoms with Gasteiger partial charge in [-0.25, -0.2) is 9.13 Å². The number of hydrogen-bond acceptors (Lipinski definition) is 15. The van der Waals surface area contributed by atoms with Crippen LogP contribution in [0.3, 0.4) is 0 Å². The Hall–Kier alpha value is -4.54. The molecule has 3 N–H and O–H groups in total. The number of unbranched alkanes of at least 4 members (excludes halogenated alkanes) is 30. The molecule has 0 amide bonds.